The number of para-hydroxylation sites is 1. The van der Waals surface area contributed by atoms with Gasteiger partial charge in [0, 0.05) is 16.3 Å². The first-order chi connectivity index (χ1) is 34.1. The third kappa shape index (κ3) is 3.90. The summed E-state index contributed by atoms with van der Waals surface area (Å²) in [4.78, 5) is 0. The van der Waals surface area contributed by atoms with Gasteiger partial charge >= 0.3 is 0 Å². The molecule has 1 nitrogen and oxygen atoms in total. The molecule has 47 heavy (non-hydrogen) atoms. The Balaban J connectivity index is 1.52. The lowest BCUT2D eigenvalue weighted by Crippen LogP contribution is -1.93. The van der Waals surface area contributed by atoms with Gasteiger partial charge in [0.2, 0.25) is 0 Å². The zero-order valence-electron chi connectivity index (χ0n) is 49.6. The third-order valence-corrected chi connectivity index (χ3v) is 7.95. The van der Waals surface area contributed by atoms with Crippen LogP contribution in [0.25, 0.3) is 98.4 Å². The van der Waals surface area contributed by atoms with Gasteiger partial charge < -0.3 is 4.42 Å². The number of hydrogen-bond donors (Lipinski definition) is 0. The first-order valence-corrected chi connectivity index (χ1v) is 14.1. The number of benzene rings is 9. The molecule has 0 saturated carbocycles. The van der Waals surface area contributed by atoms with E-state index in [4.69, 9.17) is 29.1 Å². The smallest absolute Gasteiger partial charge is 0.143 e. The quantitative estimate of drug-likeness (QED) is 0.179. The van der Waals surface area contributed by atoms with Crippen LogP contribution in [0.3, 0.4) is 0 Å². The standard InChI is InChI=1S/C46H28O/c1-2-14-31-28-32(25-24-29(31)12-1)43-36-18-7-9-20-38(36)44(39-21-10-8-19-37(39)43)35-17-6-5-16-34(35)40-22-11-23-41-45-33-15-4-3-13-30(33)26-27-42(45)47-46(40)41/h1-28H/i1D,2D,3D,4D,5D,6D,7D,8D,9D,10D,12D,13D,14D,15D,16D,17D,18D,19D,20D,21D,23D,24D,25D,26D,27D,28D. The van der Waals surface area contributed by atoms with E-state index in [2.05, 4.69) is 0 Å². The first kappa shape index (κ1) is 11.3. The summed E-state index contributed by atoms with van der Waals surface area (Å²) in [6.07, 6.45) is 0. The van der Waals surface area contributed by atoms with E-state index >= 15 is 0 Å². The molecule has 10 aromatic rings. The van der Waals surface area contributed by atoms with Gasteiger partial charge in [0.15, 0.2) is 0 Å². The molecule has 0 spiro atoms. The van der Waals surface area contributed by atoms with Crippen LogP contribution >= 0.6 is 0 Å². The van der Waals surface area contributed by atoms with Gasteiger partial charge in [-0.3, -0.25) is 0 Å². The Hall–Kier alpha value is -6.18. The topological polar surface area (TPSA) is 13.1 Å². The highest BCUT2D eigenvalue weighted by Crippen LogP contribution is 2.48. The number of hydrogen-bond acceptors (Lipinski definition) is 1. The fourth-order valence-corrected chi connectivity index (χ4v) is 6.01. The second kappa shape index (κ2) is 10.2. The largest absolute Gasteiger partial charge is 0.455 e. The first-order valence-electron chi connectivity index (χ1n) is 27.1. The molecule has 10 rings (SSSR count). The lowest BCUT2D eigenvalue weighted by Gasteiger charge is -2.20. The summed E-state index contributed by atoms with van der Waals surface area (Å²) in [5.74, 6) is 0. The van der Waals surface area contributed by atoms with E-state index in [1.807, 2.05) is 0 Å². The minimum absolute atomic E-state index is 0.234. The van der Waals surface area contributed by atoms with Crippen LogP contribution in [-0.4, -0.2) is 0 Å². The molecule has 0 fully saturated rings. The van der Waals surface area contributed by atoms with E-state index in [0.717, 1.165) is 6.07 Å². The number of fused-ring (bicyclic) bond motifs is 8. The van der Waals surface area contributed by atoms with E-state index in [9.17, 15) is 11.0 Å². The highest BCUT2D eigenvalue weighted by Gasteiger charge is 2.21. The predicted octanol–water partition coefficient (Wildman–Crippen LogP) is 13.2. The molecule has 0 saturated heterocycles. The Bertz CT molecular complexity index is 4250. The van der Waals surface area contributed by atoms with Gasteiger partial charge in [-0.05, 0) is 83.0 Å². The van der Waals surface area contributed by atoms with E-state index in [0.29, 0.717) is 0 Å². The summed E-state index contributed by atoms with van der Waals surface area (Å²) in [5.41, 5.74) is -4.60. The Labute approximate surface area is 308 Å². The van der Waals surface area contributed by atoms with Gasteiger partial charge in [0.05, 0.1) is 35.6 Å². The summed E-state index contributed by atoms with van der Waals surface area (Å²) in [5, 5.41) is -5.17. The van der Waals surface area contributed by atoms with Crippen molar-refractivity contribution in [1.29, 1.82) is 0 Å². The van der Waals surface area contributed by atoms with Crippen LogP contribution in [0, 0.1) is 0 Å². The SMILES string of the molecule is [2H]c1c([2H])c([2H])c(-c2c3c([2H])c([2H])c([2H])c([2H])c3c(-c3c([2H])c([2H])c4c([2H])c([2H])c([2H])c([2H])c4c3[2H])c3c([2H])c([2H])c([2H])c([2H])c23)c(-c2ccc([2H])c3c2oc2c([2H])c([2H])c4c([2H])c([2H])c([2H])c([2H])c4c23)c1[2H]. The number of rotatable bonds is 3. The Morgan fingerprint density at radius 1 is 0.404 bits per heavy atom. The van der Waals surface area contributed by atoms with Gasteiger partial charge in [0.1, 0.15) is 11.2 Å². The van der Waals surface area contributed by atoms with E-state index in [1.54, 1.807) is 0 Å². The highest BCUT2D eigenvalue weighted by molar-refractivity contribution is 6.24. The predicted molar refractivity (Wildman–Crippen MR) is 200 cm³/mol. The lowest BCUT2D eigenvalue weighted by atomic mass is 9.83. The molecule has 0 radical (unpaired) electrons. The molecule has 0 aliphatic carbocycles. The van der Waals surface area contributed by atoms with Crippen molar-refractivity contribution in [2.45, 2.75) is 0 Å². The average molecular weight is 623 g/mol. The molecule has 1 aromatic heterocycles. The van der Waals surface area contributed by atoms with Crippen molar-refractivity contribution in [2.24, 2.45) is 0 Å². The van der Waals surface area contributed by atoms with Crippen molar-refractivity contribution in [3.05, 3.63) is 169 Å². The Kier molecular flexibility index (Phi) is 2.44. The maximum absolute atomic E-state index is 9.62. The summed E-state index contributed by atoms with van der Waals surface area (Å²) >= 11 is 0. The molecule has 0 bridgehead atoms. The molecule has 1 heterocycles. The van der Waals surface area contributed by atoms with Crippen LogP contribution in [0.2, 0.25) is 0 Å². The average Bonchev–Trinajstić information content (AvgIpc) is 3.77. The van der Waals surface area contributed by atoms with Crippen molar-refractivity contribution in [1.82, 2.24) is 0 Å². The molecule has 218 valence electrons. The van der Waals surface area contributed by atoms with Gasteiger partial charge in [-0.15, -0.1) is 0 Å². The second-order valence-electron chi connectivity index (χ2n) is 10.4. The highest BCUT2D eigenvalue weighted by atomic mass is 16.3. The molecular formula is C46H28O. The fraction of sp³-hybridized carbons (Fsp3) is 0. The maximum Gasteiger partial charge on any atom is 0.143 e. The molecule has 0 amide bonds. The van der Waals surface area contributed by atoms with Crippen LogP contribution in [0.4, 0.5) is 0 Å². The Morgan fingerprint density at radius 3 is 1.72 bits per heavy atom. The van der Waals surface area contributed by atoms with Crippen molar-refractivity contribution in [3.8, 4) is 33.4 Å². The minimum Gasteiger partial charge on any atom is -0.455 e. The Morgan fingerprint density at radius 2 is 0.979 bits per heavy atom. The van der Waals surface area contributed by atoms with Gasteiger partial charge in [-0.2, -0.15) is 0 Å². The number of furan rings is 1. The van der Waals surface area contributed by atoms with Crippen molar-refractivity contribution >= 4 is 65.0 Å². The van der Waals surface area contributed by atoms with E-state index < -0.39 is 228 Å². The van der Waals surface area contributed by atoms with Crippen molar-refractivity contribution < 1.29 is 40.1 Å². The van der Waals surface area contributed by atoms with Crippen LogP contribution in [-0.2, 0) is 0 Å². The van der Waals surface area contributed by atoms with Crippen LogP contribution in [0.1, 0.15) is 35.6 Å². The maximum atomic E-state index is 9.62. The summed E-state index contributed by atoms with van der Waals surface area (Å²) in [6.45, 7) is 0. The van der Waals surface area contributed by atoms with Gasteiger partial charge in [-0.25, -0.2) is 0 Å². The molecule has 0 unspecified atom stereocenters. The molecule has 0 aliphatic heterocycles. The van der Waals surface area contributed by atoms with Crippen LogP contribution < -0.4 is 0 Å². The van der Waals surface area contributed by atoms with Crippen LogP contribution in [0.15, 0.2) is 174 Å². The van der Waals surface area contributed by atoms with E-state index in [1.165, 1.54) is 6.07 Å². The molecule has 9 aromatic carbocycles. The lowest BCUT2D eigenvalue weighted by molar-refractivity contribution is 0.670. The molecule has 0 aliphatic rings. The van der Waals surface area contributed by atoms with Crippen LogP contribution in [0.5, 0.6) is 0 Å². The fourth-order valence-electron chi connectivity index (χ4n) is 6.01. The summed E-state index contributed by atoms with van der Waals surface area (Å²) in [6, 6.07) is -19.7. The van der Waals surface area contributed by atoms with Gasteiger partial charge in [0.25, 0.3) is 0 Å². The minimum atomic E-state index is -0.970. The zero-order valence-corrected chi connectivity index (χ0v) is 23.6. The molecule has 1 heteroatoms. The molecule has 0 N–H and O–H groups in total. The van der Waals surface area contributed by atoms with Crippen molar-refractivity contribution in [3.63, 3.8) is 0 Å². The third-order valence-electron chi connectivity index (χ3n) is 7.95. The second-order valence-corrected chi connectivity index (χ2v) is 10.4. The normalized spacial score (nSPS) is 19.6. The zero-order chi connectivity index (χ0) is 53.5. The van der Waals surface area contributed by atoms with E-state index in [-0.39, 0.29) is 27.8 Å². The molecular weight excluding hydrogens is 569 g/mol. The van der Waals surface area contributed by atoms with Crippen molar-refractivity contribution in [2.75, 3.05) is 0 Å². The van der Waals surface area contributed by atoms with Gasteiger partial charge in [-0.1, -0.05) is 157 Å². The monoisotopic (exact) mass is 622 g/mol. The summed E-state index contributed by atoms with van der Waals surface area (Å²) in [7, 11) is 0. The molecule has 0 atom stereocenters. The summed E-state index contributed by atoms with van der Waals surface area (Å²) < 4.78 is 240.